The zero-order valence-corrected chi connectivity index (χ0v) is 10.1. The molecule has 1 aromatic heterocycles. The molecule has 88 valence electrons. The minimum Gasteiger partial charge on any atom is -0.497 e. The molecule has 3 nitrogen and oxygen atoms in total. The fraction of sp³-hybridized carbons (Fsp3) is 0.214. The van der Waals surface area contributed by atoms with Crippen LogP contribution in [0.4, 0.5) is 0 Å². The Morgan fingerprint density at radius 1 is 1.41 bits per heavy atom. The van der Waals surface area contributed by atoms with E-state index in [1.54, 1.807) is 30.0 Å². The predicted molar refractivity (Wildman–Crippen MR) is 69.6 cm³/mol. The number of rotatable bonds is 3. The number of hydrogen-bond donors (Lipinski definition) is 0. The number of allylic oxidation sites excluding steroid dienone is 1. The lowest BCUT2D eigenvalue weighted by molar-refractivity contribution is 0.415. The highest BCUT2D eigenvalue weighted by atomic mass is 16.5. The average Bonchev–Trinajstić information content (AvgIpc) is 2.32. The van der Waals surface area contributed by atoms with Crippen LogP contribution >= 0.6 is 0 Å². The summed E-state index contributed by atoms with van der Waals surface area (Å²) in [5.74, 6) is 0.759. The molecule has 0 amide bonds. The number of aromatic nitrogens is 1. The largest absolute Gasteiger partial charge is 0.497 e. The molecule has 2 rings (SSSR count). The Kier molecular flexibility index (Phi) is 3.00. The Morgan fingerprint density at radius 3 is 2.82 bits per heavy atom. The fourth-order valence-electron chi connectivity index (χ4n) is 1.81. The number of hydrogen-bond acceptors (Lipinski definition) is 2. The van der Waals surface area contributed by atoms with Gasteiger partial charge in [0.1, 0.15) is 5.75 Å². The van der Waals surface area contributed by atoms with Crippen molar-refractivity contribution in [2.45, 2.75) is 13.5 Å². The first-order valence-corrected chi connectivity index (χ1v) is 5.43. The van der Waals surface area contributed by atoms with E-state index in [1.807, 2.05) is 19.1 Å². The Labute approximate surface area is 100.0 Å². The number of benzene rings is 1. The van der Waals surface area contributed by atoms with Crippen molar-refractivity contribution in [2.75, 3.05) is 7.11 Å². The molecule has 0 saturated heterocycles. The van der Waals surface area contributed by atoms with Gasteiger partial charge in [-0.1, -0.05) is 12.2 Å². The van der Waals surface area contributed by atoms with Crippen LogP contribution in [-0.2, 0) is 6.54 Å². The van der Waals surface area contributed by atoms with Gasteiger partial charge in [0.25, 0.3) is 5.56 Å². The number of nitrogens with zero attached hydrogens (tertiary/aromatic N) is 1. The van der Waals surface area contributed by atoms with Crippen molar-refractivity contribution in [1.82, 2.24) is 4.57 Å². The first-order valence-electron chi connectivity index (χ1n) is 5.43. The molecule has 2 aromatic rings. The third-order valence-electron chi connectivity index (χ3n) is 2.62. The van der Waals surface area contributed by atoms with Gasteiger partial charge >= 0.3 is 0 Å². The van der Waals surface area contributed by atoms with Gasteiger partial charge in [-0.25, -0.2) is 0 Å². The molecular formula is C14H15NO2. The van der Waals surface area contributed by atoms with Gasteiger partial charge in [0.05, 0.1) is 7.11 Å². The molecule has 1 heterocycles. The maximum absolute atomic E-state index is 12.1. The summed E-state index contributed by atoms with van der Waals surface area (Å²) in [6.45, 7) is 6.28. The van der Waals surface area contributed by atoms with Crippen LogP contribution in [0, 0.1) is 0 Å². The van der Waals surface area contributed by atoms with E-state index in [0.717, 1.165) is 16.7 Å². The topological polar surface area (TPSA) is 31.2 Å². The highest BCUT2D eigenvalue weighted by molar-refractivity contribution is 5.82. The minimum atomic E-state index is 0.00755. The molecule has 0 N–H and O–H groups in total. The van der Waals surface area contributed by atoms with E-state index in [2.05, 4.69) is 6.58 Å². The SMILES string of the molecule is C=C(C)Cn1ccc2cc(OC)ccc2c1=O. The smallest absolute Gasteiger partial charge is 0.258 e. The molecule has 17 heavy (non-hydrogen) atoms. The van der Waals surface area contributed by atoms with Gasteiger partial charge in [-0.15, -0.1) is 0 Å². The molecule has 3 heteroatoms. The highest BCUT2D eigenvalue weighted by Crippen LogP contribution is 2.17. The van der Waals surface area contributed by atoms with Crippen LogP contribution < -0.4 is 10.3 Å². The predicted octanol–water partition coefficient (Wildman–Crippen LogP) is 2.59. The molecule has 0 radical (unpaired) electrons. The van der Waals surface area contributed by atoms with E-state index in [9.17, 15) is 4.79 Å². The van der Waals surface area contributed by atoms with Crippen LogP contribution in [-0.4, -0.2) is 11.7 Å². The summed E-state index contributed by atoms with van der Waals surface area (Å²) < 4.78 is 6.80. The maximum Gasteiger partial charge on any atom is 0.258 e. The second-order valence-corrected chi connectivity index (χ2v) is 4.16. The zero-order valence-electron chi connectivity index (χ0n) is 10.1. The summed E-state index contributed by atoms with van der Waals surface area (Å²) in [4.78, 5) is 12.1. The first kappa shape index (κ1) is 11.5. The van der Waals surface area contributed by atoms with Crippen molar-refractivity contribution in [3.05, 3.63) is 53.0 Å². The molecule has 0 saturated carbocycles. The molecule has 0 bridgehead atoms. The first-order chi connectivity index (χ1) is 8.11. The van der Waals surface area contributed by atoms with Crippen LogP contribution in [0.3, 0.4) is 0 Å². The normalized spacial score (nSPS) is 10.5. The van der Waals surface area contributed by atoms with Crippen LogP contribution in [0.1, 0.15) is 6.92 Å². The second kappa shape index (κ2) is 4.45. The van der Waals surface area contributed by atoms with Crippen molar-refractivity contribution in [3.8, 4) is 5.75 Å². The van der Waals surface area contributed by atoms with E-state index < -0.39 is 0 Å². The third kappa shape index (κ3) is 2.23. The van der Waals surface area contributed by atoms with E-state index in [-0.39, 0.29) is 5.56 Å². The van der Waals surface area contributed by atoms with Crippen molar-refractivity contribution in [1.29, 1.82) is 0 Å². The Balaban J connectivity index is 2.60. The van der Waals surface area contributed by atoms with Crippen LogP contribution in [0.15, 0.2) is 47.4 Å². The Hall–Kier alpha value is -2.03. The van der Waals surface area contributed by atoms with Gasteiger partial charge in [-0.3, -0.25) is 4.79 Å². The van der Waals surface area contributed by atoms with Crippen LogP contribution in [0.2, 0.25) is 0 Å². The van der Waals surface area contributed by atoms with Crippen molar-refractivity contribution in [2.24, 2.45) is 0 Å². The third-order valence-corrected chi connectivity index (χ3v) is 2.62. The lowest BCUT2D eigenvalue weighted by Gasteiger charge is -2.07. The van der Waals surface area contributed by atoms with E-state index in [0.29, 0.717) is 11.9 Å². The molecule has 1 aromatic carbocycles. The number of fused-ring (bicyclic) bond motifs is 1. The Bertz CT molecular complexity index is 626. The van der Waals surface area contributed by atoms with Gasteiger partial charge in [0, 0.05) is 18.1 Å². The summed E-state index contributed by atoms with van der Waals surface area (Å²) in [6.07, 6.45) is 1.79. The van der Waals surface area contributed by atoms with Crippen molar-refractivity contribution >= 4 is 10.8 Å². The summed E-state index contributed by atoms with van der Waals surface area (Å²) in [6, 6.07) is 7.38. The fourth-order valence-corrected chi connectivity index (χ4v) is 1.81. The molecule has 0 aliphatic rings. The molecule has 0 spiro atoms. The van der Waals surface area contributed by atoms with Gasteiger partial charge in [0.15, 0.2) is 0 Å². The lowest BCUT2D eigenvalue weighted by Crippen LogP contribution is -2.19. The molecule has 0 atom stereocenters. The van der Waals surface area contributed by atoms with E-state index >= 15 is 0 Å². The second-order valence-electron chi connectivity index (χ2n) is 4.16. The molecule has 0 unspecified atom stereocenters. The van der Waals surface area contributed by atoms with Gasteiger partial charge in [0.2, 0.25) is 0 Å². The maximum atomic E-state index is 12.1. The monoisotopic (exact) mass is 229 g/mol. The number of pyridine rings is 1. The number of methoxy groups -OCH3 is 1. The van der Waals surface area contributed by atoms with Crippen molar-refractivity contribution in [3.63, 3.8) is 0 Å². The van der Waals surface area contributed by atoms with E-state index in [1.165, 1.54) is 0 Å². The highest BCUT2D eigenvalue weighted by Gasteiger charge is 2.03. The summed E-state index contributed by atoms with van der Waals surface area (Å²) in [5.41, 5.74) is 0.966. The summed E-state index contributed by atoms with van der Waals surface area (Å²) in [5, 5.41) is 1.60. The Morgan fingerprint density at radius 2 is 2.18 bits per heavy atom. The average molecular weight is 229 g/mol. The van der Waals surface area contributed by atoms with Crippen LogP contribution in [0.25, 0.3) is 10.8 Å². The minimum absolute atomic E-state index is 0.00755. The molecular weight excluding hydrogens is 214 g/mol. The molecule has 0 fully saturated rings. The molecule has 0 aliphatic heterocycles. The van der Waals surface area contributed by atoms with Gasteiger partial charge < -0.3 is 9.30 Å². The van der Waals surface area contributed by atoms with Gasteiger partial charge in [-0.05, 0) is 36.6 Å². The lowest BCUT2D eigenvalue weighted by atomic mass is 10.1. The summed E-state index contributed by atoms with van der Waals surface area (Å²) in [7, 11) is 1.61. The van der Waals surface area contributed by atoms with E-state index in [4.69, 9.17) is 4.74 Å². The van der Waals surface area contributed by atoms with Crippen molar-refractivity contribution < 1.29 is 4.74 Å². The standard InChI is InChI=1S/C14H15NO2/c1-10(2)9-15-7-6-11-8-12(17-3)4-5-13(11)14(15)16/h4-8H,1,9H2,2-3H3. The summed E-state index contributed by atoms with van der Waals surface area (Å²) >= 11 is 0. The number of ether oxygens (including phenoxy) is 1. The quantitative estimate of drug-likeness (QED) is 0.757. The van der Waals surface area contributed by atoms with Gasteiger partial charge in [-0.2, -0.15) is 0 Å². The zero-order chi connectivity index (χ0) is 12.4. The molecule has 0 aliphatic carbocycles. The van der Waals surface area contributed by atoms with Crippen LogP contribution in [0.5, 0.6) is 5.75 Å².